The monoisotopic (exact) mass is 574 g/mol. The second-order valence-electron chi connectivity index (χ2n) is 10.1. The first-order valence-corrected chi connectivity index (χ1v) is 14.0. The summed E-state index contributed by atoms with van der Waals surface area (Å²) in [5.41, 5.74) is 12.5. The van der Waals surface area contributed by atoms with Crippen molar-refractivity contribution in [1.82, 2.24) is 50.3 Å². The van der Waals surface area contributed by atoms with Crippen molar-refractivity contribution in [3.8, 4) is 45.3 Å². The number of pyridine rings is 6. The molecular formula is C34H26N10. The number of hydrogen-bond donors (Lipinski definition) is 2. The summed E-state index contributed by atoms with van der Waals surface area (Å²) in [5.74, 6) is 0. The average Bonchev–Trinajstić information content (AvgIpc) is 3.76. The molecule has 0 radical (unpaired) electrons. The number of aromatic nitrogens is 10. The molecule has 0 aliphatic rings. The predicted octanol–water partition coefficient (Wildman–Crippen LogP) is 6.78. The maximum Gasteiger partial charge on any atom is 0.0928 e. The van der Waals surface area contributed by atoms with Crippen LogP contribution in [0.2, 0.25) is 0 Å². The van der Waals surface area contributed by atoms with Gasteiger partial charge in [-0.1, -0.05) is 12.1 Å². The van der Waals surface area contributed by atoms with Crippen LogP contribution in [0.25, 0.3) is 67.4 Å². The molecule has 0 unspecified atom stereocenters. The summed E-state index contributed by atoms with van der Waals surface area (Å²) in [6.45, 7) is 3.94. The fourth-order valence-corrected chi connectivity index (χ4v) is 4.93. The molecule has 0 spiro atoms. The topological polar surface area (TPSA) is 135 Å². The normalized spacial score (nSPS) is 11.0. The molecule has 10 nitrogen and oxygen atoms in total. The molecule has 0 atom stereocenters. The smallest absolute Gasteiger partial charge is 0.0928 e. The Hall–Kier alpha value is -6.16. The van der Waals surface area contributed by atoms with Crippen LogP contribution in [0.4, 0.5) is 0 Å². The minimum absolute atomic E-state index is 0.854. The first-order valence-electron chi connectivity index (χ1n) is 14.0. The van der Waals surface area contributed by atoms with Crippen LogP contribution in [-0.4, -0.2) is 50.3 Å². The van der Waals surface area contributed by atoms with E-state index in [4.69, 9.17) is 0 Å². The Balaban J connectivity index is 0.000000142. The number of aromatic amines is 2. The Morgan fingerprint density at radius 2 is 0.909 bits per heavy atom. The van der Waals surface area contributed by atoms with Gasteiger partial charge in [0.1, 0.15) is 0 Å². The highest BCUT2D eigenvalue weighted by Crippen LogP contribution is 2.30. The Morgan fingerprint density at radius 1 is 0.432 bits per heavy atom. The van der Waals surface area contributed by atoms with Crippen LogP contribution in [0.3, 0.4) is 0 Å². The first kappa shape index (κ1) is 26.7. The van der Waals surface area contributed by atoms with Gasteiger partial charge in [-0.15, -0.1) is 0 Å². The van der Waals surface area contributed by atoms with Crippen LogP contribution < -0.4 is 0 Å². The number of fused-ring (bicyclic) bond motifs is 2. The molecule has 0 fully saturated rings. The molecule has 0 aliphatic carbocycles. The summed E-state index contributed by atoms with van der Waals surface area (Å²) in [5, 5.41) is 14.4. The zero-order valence-electron chi connectivity index (χ0n) is 24.0. The predicted molar refractivity (Wildman–Crippen MR) is 170 cm³/mol. The summed E-state index contributed by atoms with van der Waals surface area (Å²) in [4.78, 5) is 27.1. The van der Waals surface area contributed by atoms with E-state index in [9.17, 15) is 0 Å². The van der Waals surface area contributed by atoms with E-state index >= 15 is 0 Å². The van der Waals surface area contributed by atoms with Gasteiger partial charge < -0.3 is 0 Å². The third-order valence-electron chi connectivity index (χ3n) is 7.03. The van der Waals surface area contributed by atoms with Gasteiger partial charge in [0.2, 0.25) is 0 Å². The first-order chi connectivity index (χ1) is 21.6. The van der Waals surface area contributed by atoms with E-state index in [0.29, 0.717) is 0 Å². The van der Waals surface area contributed by atoms with Crippen molar-refractivity contribution in [3.63, 3.8) is 0 Å². The second kappa shape index (κ2) is 11.6. The minimum atomic E-state index is 0.854. The van der Waals surface area contributed by atoms with Crippen LogP contribution in [-0.2, 0) is 0 Å². The van der Waals surface area contributed by atoms with Gasteiger partial charge in [-0.2, -0.15) is 10.2 Å². The lowest BCUT2D eigenvalue weighted by Crippen LogP contribution is -1.91. The van der Waals surface area contributed by atoms with Gasteiger partial charge in [0.15, 0.2) is 0 Å². The van der Waals surface area contributed by atoms with Crippen LogP contribution in [0.1, 0.15) is 11.4 Å². The number of H-pyrrole nitrogens is 2. The molecule has 8 heterocycles. The number of rotatable bonds is 4. The molecule has 0 bridgehead atoms. The van der Waals surface area contributed by atoms with E-state index in [1.165, 1.54) is 0 Å². The number of hydrogen-bond acceptors (Lipinski definition) is 8. The van der Waals surface area contributed by atoms with Crippen molar-refractivity contribution in [1.29, 1.82) is 0 Å². The highest BCUT2D eigenvalue weighted by molar-refractivity contribution is 5.83. The quantitative estimate of drug-likeness (QED) is 0.235. The summed E-state index contributed by atoms with van der Waals surface area (Å²) < 4.78 is 0. The average molecular weight is 575 g/mol. The van der Waals surface area contributed by atoms with Crippen LogP contribution in [0.5, 0.6) is 0 Å². The summed E-state index contributed by atoms with van der Waals surface area (Å²) in [7, 11) is 0. The molecule has 8 aromatic heterocycles. The van der Waals surface area contributed by atoms with Gasteiger partial charge in [-0.05, 0) is 86.6 Å². The zero-order valence-corrected chi connectivity index (χ0v) is 24.0. The fourth-order valence-electron chi connectivity index (χ4n) is 4.93. The molecular weight excluding hydrogens is 548 g/mol. The molecule has 0 saturated carbocycles. The highest BCUT2D eigenvalue weighted by Gasteiger charge is 2.14. The van der Waals surface area contributed by atoms with Crippen LogP contribution >= 0.6 is 0 Å². The molecule has 0 saturated heterocycles. The molecule has 8 aromatic rings. The number of nitrogens with zero attached hydrogens (tertiary/aromatic N) is 8. The Morgan fingerprint density at radius 3 is 1.36 bits per heavy atom. The largest absolute Gasteiger partial charge is 0.276 e. The van der Waals surface area contributed by atoms with E-state index in [1.54, 1.807) is 24.8 Å². The van der Waals surface area contributed by atoms with Crippen molar-refractivity contribution in [2.24, 2.45) is 0 Å². The maximum absolute atomic E-state index is 4.68. The van der Waals surface area contributed by atoms with Gasteiger partial charge >= 0.3 is 0 Å². The van der Waals surface area contributed by atoms with Gasteiger partial charge in [0.05, 0.1) is 68.6 Å². The second-order valence-corrected chi connectivity index (χ2v) is 10.1. The van der Waals surface area contributed by atoms with Crippen molar-refractivity contribution in [3.05, 3.63) is 121 Å². The summed E-state index contributed by atoms with van der Waals surface area (Å²) in [6, 6.07) is 27.4. The van der Waals surface area contributed by atoms with Crippen LogP contribution in [0.15, 0.2) is 110 Å². The lowest BCUT2D eigenvalue weighted by Gasteiger charge is -2.04. The van der Waals surface area contributed by atoms with E-state index in [-0.39, 0.29) is 0 Å². The van der Waals surface area contributed by atoms with Crippen LogP contribution in [0, 0.1) is 13.8 Å². The molecule has 212 valence electrons. The van der Waals surface area contributed by atoms with E-state index in [0.717, 1.165) is 78.7 Å². The molecule has 0 aromatic carbocycles. The third-order valence-corrected chi connectivity index (χ3v) is 7.03. The van der Waals surface area contributed by atoms with E-state index < -0.39 is 0 Å². The zero-order chi connectivity index (χ0) is 29.9. The Bertz CT molecular complexity index is 2070. The molecule has 8 rings (SSSR count). The van der Waals surface area contributed by atoms with Crippen molar-refractivity contribution >= 4 is 22.1 Å². The lowest BCUT2D eigenvalue weighted by atomic mass is 10.1. The lowest BCUT2D eigenvalue weighted by molar-refractivity contribution is 1.08. The van der Waals surface area contributed by atoms with Crippen molar-refractivity contribution in [2.45, 2.75) is 13.8 Å². The van der Waals surface area contributed by atoms with E-state index in [1.807, 2.05) is 98.8 Å². The van der Waals surface area contributed by atoms with Crippen molar-refractivity contribution < 1.29 is 0 Å². The SMILES string of the molecule is Cc1cccc(-c2[nH]ncc2-c2ccc3ncccc3n2)n1.Cc1cccc(-c2[nH]ncc2-c2ccc3ncccc3n2)n1. The fraction of sp³-hybridized carbons (Fsp3) is 0.0588. The Labute approximate surface area is 252 Å². The third kappa shape index (κ3) is 5.39. The standard InChI is InChI=1S/2C17H13N5/c2*1-11-4-2-5-16(20-11)17-12(10-19-22-17)13-7-8-14-15(21-13)6-3-9-18-14/h2*2-10H,1H3,(H,19,22). The molecule has 2 N–H and O–H groups in total. The van der Waals surface area contributed by atoms with Gasteiger partial charge in [0.25, 0.3) is 0 Å². The molecule has 44 heavy (non-hydrogen) atoms. The highest BCUT2D eigenvalue weighted by atomic mass is 15.1. The van der Waals surface area contributed by atoms with Gasteiger partial charge in [-0.25, -0.2) is 9.97 Å². The van der Waals surface area contributed by atoms with Gasteiger partial charge in [0, 0.05) is 34.9 Å². The summed E-state index contributed by atoms with van der Waals surface area (Å²) >= 11 is 0. The van der Waals surface area contributed by atoms with Crippen molar-refractivity contribution in [2.75, 3.05) is 0 Å². The Kier molecular flexibility index (Phi) is 7.05. The number of aryl methyl sites for hydroxylation is 2. The molecule has 0 amide bonds. The molecule has 0 aliphatic heterocycles. The minimum Gasteiger partial charge on any atom is -0.276 e. The number of nitrogens with one attached hydrogen (secondary N) is 2. The molecule has 10 heteroatoms. The van der Waals surface area contributed by atoms with Gasteiger partial charge in [-0.3, -0.25) is 30.1 Å². The summed E-state index contributed by atoms with van der Waals surface area (Å²) in [6.07, 6.45) is 7.10. The maximum atomic E-state index is 4.68. The van der Waals surface area contributed by atoms with E-state index in [2.05, 4.69) is 50.3 Å².